The fourth-order valence-corrected chi connectivity index (χ4v) is 3.81. The summed E-state index contributed by atoms with van der Waals surface area (Å²) in [6.45, 7) is 5.25. The lowest BCUT2D eigenvalue weighted by molar-refractivity contribution is 0.102. The molecule has 3 rings (SSSR count). The first-order valence-electron chi connectivity index (χ1n) is 7.27. The molecule has 8 heteroatoms. The number of thiazole rings is 1. The van der Waals surface area contributed by atoms with Crippen molar-refractivity contribution in [1.82, 2.24) is 4.98 Å². The highest BCUT2D eigenvalue weighted by atomic mass is 79.9. The summed E-state index contributed by atoms with van der Waals surface area (Å²) >= 11 is 4.59. The van der Waals surface area contributed by atoms with Crippen LogP contribution in [0.3, 0.4) is 0 Å². The zero-order valence-corrected chi connectivity index (χ0v) is 15.9. The van der Waals surface area contributed by atoms with Gasteiger partial charge in [-0.2, -0.15) is 0 Å². The van der Waals surface area contributed by atoms with Crippen LogP contribution in [0.1, 0.15) is 26.8 Å². The standard InChI is InChI=1S/C17H13BrF2N2O2S/c1-7-13(14(18)8(2)24-7)16(23)22-17-21-15(9(3)25-17)10-4-5-11(19)12(20)6-10/h4-6H,1-3H3,(H,21,22,23). The number of nitrogens with zero attached hydrogens (tertiary/aromatic N) is 1. The lowest BCUT2D eigenvalue weighted by Gasteiger charge is -2.01. The Bertz CT molecular complexity index is 981. The number of amides is 1. The number of nitrogens with one attached hydrogen (secondary N) is 1. The van der Waals surface area contributed by atoms with Gasteiger partial charge in [0.15, 0.2) is 16.8 Å². The van der Waals surface area contributed by atoms with E-state index in [1.807, 2.05) is 0 Å². The normalized spacial score (nSPS) is 11.0. The van der Waals surface area contributed by atoms with Crippen molar-refractivity contribution in [2.24, 2.45) is 0 Å². The molecule has 0 aliphatic rings. The first-order chi connectivity index (χ1) is 11.8. The number of halogens is 3. The van der Waals surface area contributed by atoms with Gasteiger partial charge in [0.2, 0.25) is 0 Å². The van der Waals surface area contributed by atoms with E-state index in [0.29, 0.717) is 37.9 Å². The van der Waals surface area contributed by atoms with E-state index in [2.05, 4.69) is 26.2 Å². The van der Waals surface area contributed by atoms with Crippen LogP contribution in [-0.4, -0.2) is 10.9 Å². The third-order valence-corrected chi connectivity index (χ3v) is 5.47. The second-order valence-corrected chi connectivity index (χ2v) is 7.41. The summed E-state index contributed by atoms with van der Waals surface area (Å²) in [5, 5.41) is 3.09. The topological polar surface area (TPSA) is 55.1 Å². The molecule has 0 aliphatic carbocycles. The molecule has 0 unspecified atom stereocenters. The minimum Gasteiger partial charge on any atom is -0.465 e. The summed E-state index contributed by atoms with van der Waals surface area (Å²) in [4.78, 5) is 17.6. The van der Waals surface area contributed by atoms with Crippen LogP contribution < -0.4 is 5.32 Å². The van der Waals surface area contributed by atoms with E-state index < -0.39 is 11.6 Å². The predicted molar refractivity (Wildman–Crippen MR) is 96.0 cm³/mol. The molecule has 0 fully saturated rings. The minimum atomic E-state index is -0.941. The van der Waals surface area contributed by atoms with E-state index in [4.69, 9.17) is 4.42 Å². The molecule has 0 aliphatic heterocycles. The van der Waals surface area contributed by atoms with Gasteiger partial charge in [-0.05, 0) is 54.9 Å². The highest BCUT2D eigenvalue weighted by Gasteiger charge is 2.21. The van der Waals surface area contributed by atoms with Gasteiger partial charge in [-0.3, -0.25) is 10.1 Å². The number of carbonyl (C=O) groups excluding carboxylic acids is 1. The van der Waals surface area contributed by atoms with Crippen LogP contribution in [0.2, 0.25) is 0 Å². The number of hydrogen-bond acceptors (Lipinski definition) is 4. The Labute approximate surface area is 155 Å². The number of anilines is 1. The summed E-state index contributed by atoms with van der Waals surface area (Å²) < 4.78 is 32.6. The van der Waals surface area contributed by atoms with Crippen LogP contribution in [0.25, 0.3) is 11.3 Å². The van der Waals surface area contributed by atoms with Gasteiger partial charge in [-0.1, -0.05) is 0 Å². The van der Waals surface area contributed by atoms with E-state index in [9.17, 15) is 13.6 Å². The van der Waals surface area contributed by atoms with Crippen LogP contribution in [0, 0.1) is 32.4 Å². The SMILES string of the molecule is Cc1oc(C)c(C(=O)Nc2nc(-c3ccc(F)c(F)c3)c(C)s2)c1Br. The molecule has 0 saturated carbocycles. The number of hydrogen-bond donors (Lipinski definition) is 1. The number of carbonyl (C=O) groups is 1. The van der Waals surface area contributed by atoms with Crippen molar-refractivity contribution in [3.05, 3.63) is 56.3 Å². The number of rotatable bonds is 3. The highest BCUT2D eigenvalue weighted by molar-refractivity contribution is 9.10. The maximum atomic E-state index is 13.4. The summed E-state index contributed by atoms with van der Waals surface area (Å²) in [6, 6.07) is 3.59. The molecule has 2 heterocycles. The van der Waals surface area contributed by atoms with Crippen LogP contribution in [0.5, 0.6) is 0 Å². The van der Waals surface area contributed by atoms with Crippen molar-refractivity contribution in [1.29, 1.82) is 0 Å². The zero-order chi connectivity index (χ0) is 18.3. The fourth-order valence-electron chi connectivity index (χ4n) is 2.44. The molecule has 3 aromatic rings. The zero-order valence-electron chi connectivity index (χ0n) is 13.5. The summed E-state index contributed by atoms with van der Waals surface area (Å²) in [5.74, 6) is -1.10. The smallest absolute Gasteiger partial charge is 0.262 e. The molecule has 0 saturated heterocycles. The Morgan fingerprint density at radius 3 is 2.52 bits per heavy atom. The van der Waals surface area contributed by atoms with E-state index in [0.717, 1.165) is 17.0 Å². The molecule has 2 aromatic heterocycles. The number of aromatic nitrogens is 1. The third kappa shape index (κ3) is 3.36. The van der Waals surface area contributed by atoms with Gasteiger partial charge in [0.1, 0.15) is 11.5 Å². The Balaban J connectivity index is 1.90. The van der Waals surface area contributed by atoms with Gasteiger partial charge >= 0.3 is 0 Å². The molecule has 0 atom stereocenters. The summed E-state index contributed by atoms with van der Waals surface area (Å²) in [5.41, 5.74) is 1.35. The van der Waals surface area contributed by atoms with Gasteiger partial charge in [-0.25, -0.2) is 13.8 Å². The quantitative estimate of drug-likeness (QED) is 0.590. The van der Waals surface area contributed by atoms with E-state index in [-0.39, 0.29) is 5.91 Å². The Kier molecular flexibility index (Phi) is 4.75. The van der Waals surface area contributed by atoms with Crippen molar-refractivity contribution < 1.29 is 18.0 Å². The van der Waals surface area contributed by atoms with Crippen molar-refractivity contribution in [2.45, 2.75) is 20.8 Å². The fraction of sp³-hybridized carbons (Fsp3) is 0.176. The highest BCUT2D eigenvalue weighted by Crippen LogP contribution is 2.33. The van der Waals surface area contributed by atoms with Crippen LogP contribution in [0.15, 0.2) is 27.1 Å². The first kappa shape index (κ1) is 17.8. The molecule has 0 bridgehead atoms. The largest absolute Gasteiger partial charge is 0.465 e. The van der Waals surface area contributed by atoms with Gasteiger partial charge in [0, 0.05) is 10.4 Å². The average Bonchev–Trinajstić information content (AvgIpc) is 3.01. The minimum absolute atomic E-state index is 0.355. The molecule has 25 heavy (non-hydrogen) atoms. The lowest BCUT2D eigenvalue weighted by atomic mass is 10.1. The van der Waals surface area contributed by atoms with Crippen molar-refractivity contribution >= 4 is 38.3 Å². The van der Waals surface area contributed by atoms with Gasteiger partial charge in [0.05, 0.1) is 15.7 Å². The number of aryl methyl sites for hydroxylation is 3. The van der Waals surface area contributed by atoms with E-state index in [1.54, 1.807) is 20.8 Å². The Morgan fingerprint density at radius 2 is 1.92 bits per heavy atom. The first-order valence-corrected chi connectivity index (χ1v) is 8.88. The second-order valence-electron chi connectivity index (χ2n) is 5.41. The van der Waals surface area contributed by atoms with Gasteiger partial charge < -0.3 is 4.42 Å². The molecule has 130 valence electrons. The molecule has 4 nitrogen and oxygen atoms in total. The van der Waals surface area contributed by atoms with Crippen LogP contribution >= 0.6 is 27.3 Å². The summed E-state index contributed by atoms with van der Waals surface area (Å²) in [6.07, 6.45) is 0. The Hall–Kier alpha value is -2.06. The van der Waals surface area contributed by atoms with Gasteiger partial charge in [-0.15, -0.1) is 11.3 Å². The van der Waals surface area contributed by atoms with Crippen LogP contribution in [0.4, 0.5) is 13.9 Å². The predicted octanol–water partition coefficient (Wildman–Crippen LogP) is 5.62. The Morgan fingerprint density at radius 1 is 1.20 bits per heavy atom. The van der Waals surface area contributed by atoms with Crippen molar-refractivity contribution in [3.63, 3.8) is 0 Å². The molecule has 1 amide bonds. The summed E-state index contributed by atoms with van der Waals surface area (Å²) in [7, 11) is 0. The van der Waals surface area contributed by atoms with E-state index in [1.165, 1.54) is 17.4 Å². The molecule has 1 N–H and O–H groups in total. The molecular formula is C17H13BrF2N2O2S. The lowest BCUT2D eigenvalue weighted by Crippen LogP contribution is -2.12. The molecular weight excluding hydrogens is 414 g/mol. The third-order valence-electron chi connectivity index (χ3n) is 3.62. The monoisotopic (exact) mass is 426 g/mol. The van der Waals surface area contributed by atoms with Crippen molar-refractivity contribution in [3.8, 4) is 11.3 Å². The van der Waals surface area contributed by atoms with Gasteiger partial charge in [0.25, 0.3) is 5.91 Å². The average molecular weight is 427 g/mol. The maximum Gasteiger partial charge on any atom is 0.262 e. The van der Waals surface area contributed by atoms with Crippen LogP contribution in [-0.2, 0) is 0 Å². The maximum absolute atomic E-state index is 13.4. The van der Waals surface area contributed by atoms with E-state index >= 15 is 0 Å². The molecule has 1 aromatic carbocycles. The number of benzene rings is 1. The molecule has 0 spiro atoms. The number of furan rings is 1. The van der Waals surface area contributed by atoms with Crippen molar-refractivity contribution in [2.75, 3.05) is 5.32 Å². The molecule has 0 radical (unpaired) electrons. The second kappa shape index (κ2) is 6.68.